The van der Waals surface area contributed by atoms with Crippen molar-refractivity contribution in [1.82, 2.24) is 4.98 Å². The molecule has 8 heteroatoms. The summed E-state index contributed by atoms with van der Waals surface area (Å²) >= 11 is 1.37. The number of nitrogens with zero attached hydrogens (tertiary/aromatic N) is 1. The molecule has 0 saturated heterocycles. The molecule has 0 saturated carbocycles. The third-order valence-corrected chi connectivity index (χ3v) is 6.15. The number of amides is 1. The van der Waals surface area contributed by atoms with Gasteiger partial charge in [0.25, 0.3) is 0 Å². The lowest BCUT2D eigenvalue weighted by molar-refractivity contribution is -0.111. The Morgan fingerprint density at radius 2 is 2.03 bits per heavy atom. The zero-order valence-corrected chi connectivity index (χ0v) is 20.5. The van der Waals surface area contributed by atoms with Gasteiger partial charge in [0.15, 0.2) is 5.13 Å². The van der Waals surface area contributed by atoms with E-state index in [1.54, 1.807) is 32.8 Å². The van der Waals surface area contributed by atoms with E-state index in [1.165, 1.54) is 11.3 Å². The van der Waals surface area contributed by atoms with Gasteiger partial charge in [-0.25, -0.2) is 4.98 Å². The van der Waals surface area contributed by atoms with Crippen molar-refractivity contribution in [2.24, 2.45) is 0 Å². The standard InChI is InChI=1S/C26H26N2O5S/c1-6-32-24-16(3)25-20(13-18(24)15(2)11-23(29)28-26-27-9-10-34-26)21(14-33-25)19-12-17(30-4)7-8-22(19)31-5/h7-14H,6H2,1-5H3,(H,27,28,29)/b15-11+. The lowest BCUT2D eigenvalue weighted by atomic mass is 9.96. The lowest BCUT2D eigenvalue weighted by Gasteiger charge is -2.15. The van der Waals surface area contributed by atoms with Gasteiger partial charge in [-0.05, 0) is 50.6 Å². The Kier molecular flexibility index (Phi) is 6.88. The first-order chi connectivity index (χ1) is 16.5. The third-order valence-electron chi connectivity index (χ3n) is 5.46. The molecule has 176 valence electrons. The molecule has 2 aromatic heterocycles. The fraction of sp³-hybridized carbons (Fsp3) is 0.231. The Morgan fingerprint density at radius 3 is 2.71 bits per heavy atom. The van der Waals surface area contributed by atoms with Gasteiger partial charge in [0.2, 0.25) is 5.91 Å². The van der Waals surface area contributed by atoms with Crippen molar-refractivity contribution in [3.63, 3.8) is 0 Å². The van der Waals surface area contributed by atoms with Gasteiger partial charge in [-0.2, -0.15) is 0 Å². The van der Waals surface area contributed by atoms with Crippen LogP contribution in [0, 0.1) is 6.92 Å². The maximum absolute atomic E-state index is 12.6. The van der Waals surface area contributed by atoms with E-state index in [2.05, 4.69) is 10.3 Å². The van der Waals surface area contributed by atoms with Gasteiger partial charge in [0.05, 0.1) is 27.1 Å². The summed E-state index contributed by atoms with van der Waals surface area (Å²) in [6, 6.07) is 7.62. The number of carbonyl (C=O) groups is 1. The van der Waals surface area contributed by atoms with E-state index >= 15 is 0 Å². The maximum Gasteiger partial charge on any atom is 0.250 e. The Bertz CT molecular complexity index is 1360. The summed E-state index contributed by atoms with van der Waals surface area (Å²) in [5.41, 5.74) is 4.84. The molecular formula is C26H26N2O5S. The van der Waals surface area contributed by atoms with Crippen LogP contribution in [-0.4, -0.2) is 31.7 Å². The molecule has 4 aromatic rings. The minimum atomic E-state index is -0.255. The summed E-state index contributed by atoms with van der Waals surface area (Å²) in [4.78, 5) is 16.7. The number of furan rings is 1. The number of rotatable bonds is 8. The molecule has 0 aliphatic heterocycles. The number of nitrogens with one attached hydrogen (secondary N) is 1. The monoisotopic (exact) mass is 478 g/mol. The Labute approximate surface area is 202 Å². The van der Waals surface area contributed by atoms with Crippen molar-refractivity contribution in [3.8, 4) is 28.4 Å². The number of methoxy groups -OCH3 is 2. The van der Waals surface area contributed by atoms with E-state index in [-0.39, 0.29) is 5.91 Å². The molecule has 0 bridgehead atoms. The predicted molar refractivity (Wildman–Crippen MR) is 135 cm³/mol. The highest BCUT2D eigenvalue weighted by atomic mass is 32.1. The van der Waals surface area contributed by atoms with Gasteiger partial charge in [-0.15, -0.1) is 11.3 Å². The highest BCUT2D eigenvalue weighted by molar-refractivity contribution is 7.13. The van der Waals surface area contributed by atoms with Crippen molar-refractivity contribution < 1.29 is 23.4 Å². The number of hydrogen-bond acceptors (Lipinski definition) is 7. The van der Waals surface area contributed by atoms with Crippen molar-refractivity contribution in [2.45, 2.75) is 20.8 Å². The lowest BCUT2D eigenvalue weighted by Crippen LogP contribution is -2.08. The van der Waals surface area contributed by atoms with E-state index in [4.69, 9.17) is 18.6 Å². The first-order valence-electron chi connectivity index (χ1n) is 10.8. The maximum atomic E-state index is 12.6. The second kappa shape index (κ2) is 10.0. The van der Waals surface area contributed by atoms with Crippen molar-refractivity contribution >= 4 is 38.9 Å². The van der Waals surface area contributed by atoms with Crippen LogP contribution in [0.1, 0.15) is 25.0 Å². The second-order valence-corrected chi connectivity index (χ2v) is 8.45. The molecule has 0 aliphatic carbocycles. The number of carbonyl (C=O) groups excluding carboxylic acids is 1. The van der Waals surface area contributed by atoms with Crippen LogP contribution < -0.4 is 19.5 Å². The summed E-state index contributed by atoms with van der Waals surface area (Å²) in [5.74, 6) is 1.84. The molecule has 1 N–H and O–H groups in total. The minimum Gasteiger partial charge on any atom is -0.497 e. The van der Waals surface area contributed by atoms with Crippen LogP contribution in [0.3, 0.4) is 0 Å². The molecule has 0 radical (unpaired) electrons. The largest absolute Gasteiger partial charge is 0.497 e. The molecule has 2 aromatic carbocycles. The Morgan fingerprint density at radius 1 is 1.21 bits per heavy atom. The number of allylic oxidation sites excluding steroid dienone is 1. The van der Waals surface area contributed by atoms with Crippen molar-refractivity contribution in [1.29, 1.82) is 0 Å². The number of aromatic nitrogens is 1. The summed E-state index contributed by atoms with van der Waals surface area (Å²) in [5, 5.41) is 6.03. The van der Waals surface area contributed by atoms with E-state index in [0.717, 1.165) is 33.2 Å². The molecule has 4 rings (SSSR count). The van der Waals surface area contributed by atoms with Gasteiger partial charge in [-0.3, -0.25) is 10.1 Å². The fourth-order valence-corrected chi connectivity index (χ4v) is 4.41. The smallest absolute Gasteiger partial charge is 0.250 e. The molecule has 0 aliphatic rings. The van der Waals surface area contributed by atoms with Crippen LogP contribution in [0.5, 0.6) is 17.2 Å². The normalized spacial score (nSPS) is 11.5. The van der Waals surface area contributed by atoms with Gasteiger partial charge in [0.1, 0.15) is 22.8 Å². The molecule has 0 unspecified atom stereocenters. The molecule has 0 spiro atoms. The van der Waals surface area contributed by atoms with E-state index < -0.39 is 0 Å². The SMILES string of the molecule is CCOc1c(/C(C)=C/C(=O)Nc2nccs2)cc2c(-c3cc(OC)ccc3OC)coc2c1C. The van der Waals surface area contributed by atoms with Crippen LogP contribution in [0.15, 0.2) is 52.6 Å². The number of hydrogen-bond donors (Lipinski definition) is 1. The van der Waals surface area contributed by atoms with Crippen LogP contribution in [0.2, 0.25) is 0 Å². The topological polar surface area (TPSA) is 82.8 Å². The highest BCUT2D eigenvalue weighted by Gasteiger charge is 2.21. The number of aryl methyl sites for hydroxylation is 1. The quantitative estimate of drug-likeness (QED) is 0.298. The fourth-order valence-electron chi connectivity index (χ4n) is 3.87. The number of ether oxygens (including phenoxy) is 3. The second-order valence-electron chi connectivity index (χ2n) is 7.56. The van der Waals surface area contributed by atoms with E-state index in [9.17, 15) is 4.79 Å². The predicted octanol–water partition coefficient (Wildman–Crippen LogP) is 6.32. The molecular weight excluding hydrogens is 452 g/mol. The summed E-state index contributed by atoms with van der Waals surface area (Å²) in [6.45, 7) is 6.25. The average Bonchev–Trinajstić information content (AvgIpc) is 3.50. The summed E-state index contributed by atoms with van der Waals surface area (Å²) in [7, 11) is 3.26. The first-order valence-corrected chi connectivity index (χ1v) is 11.6. The third kappa shape index (κ3) is 4.49. The Hall–Kier alpha value is -3.78. The zero-order valence-electron chi connectivity index (χ0n) is 19.7. The van der Waals surface area contributed by atoms with E-state index in [1.807, 2.05) is 50.4 Å². The van der Waals surface area contributed by atoms with Gasteiger partial charge in [0, 0.05) is 45.3 Å². The number of thiazole rings is 1. The zero-order chi connectivity index (χ0) is 24.2. The molecule has 0 fully saturated rings. The van der Waals surface area contributed by atoms with E-state index in [0.29, 0.717) is 34.6 Å². The first kappa shape index (κ1) is 23.4. The van der Waals surface area contributed by atoms with Crippen molar-refractivity contribution in [2.75, 3.05) is 26.1 Å². The molecule has 0 atom stereocenters. The minimum absolute atomic E-state index is 0.255. The molecule has 2 heterocycles. The Balaban J connectivity index is 1.86. The van der Waals surface area contributed by atoms with Crippen LogP contribution >= 0.6 is 11.3 Å². The number of anilines is 1. The average molecular weight is 479 g/mol. The van der Waals surface area contributed by atoms with Crippen LogP contribution in [0.25, 0.3) is 27.7 Å². The summed E-state index contributed by atoms with van der Waals surface area (Å²) < 4.78 is 23.0. The van der Waals surface area contributed by atoms with Crippen molar-refractivity contribution in [3.05, 3.63) is 59.3 Å². The van der Waals surface area contributed by atoms with Crippen LogP contribution in [0.4, 0.5) is 5.13 Å². The number of benzene rings is 2. The number of fused-ring (bicyclic) bond motifs is 1. The molecule has 34 heavy (non-hydrogen) atoms. The molecule has 7 nitrogen and oxygen atoms in total. The molecule has 1 amide bonds. The highest BCUT2D eigenvalue weighted by Crippen LogP contribution is 2.43. The van der Waals surface area contributed by atoms with Gasteiger partial charge >= 0.3 is 0 Å². The van der Waals surface area contributed by atoms with Crippen LogP contribution in [-0.2, 0) is 4.79 Å². The van der Waals surface area contributed by atoms with Gasteiger partial charge in [-0.1, -0.05) is 0 Å². The van der Waals surface area contributed by atoms with Gasteiger partial charge < -0.3 is 18.6 Å². The summed E-state index contributed by atoms with van der Waals surface area (Å²) in [6.07, 6.45) is 4.91.